The molecular weight excluding hydrogens is 378 g/mol. The third kappa shape index (κ3) is 4.88. The van der Waals surface area contributed by atoms with Gasteiger partial charge in [-0.1, -0.05) is 24.5 Å². The largest absolute Gasteiger partial charge is 0.459 e. The zero-order valence-electron chi connectivity index (χ0n) is 17.4. The summed E-state index contributed by atoms with van der Waals surface area (Å²) in [4.78, 5) is 13.0. The SMILES string of the molecule is C#Cc1ccc([C@@H]2C=C(C(=O)NC3CC4CCC3C4)O[C@H](OCCCCO)C2)cc1. The van der Waals surface area contributed by atoms with E-state index in [2.05, 4.69) is 11.2 Å². The van der Waals surface area contributed by atoms with Crippen LogP contribution in [0.3, 0.4) is 0 Å². The minimum Gasteiger partial charge on any atom is -0.459 e. The van der Waals surface area contributed by atoms with Crippen molar-refractivity contribution < 1.29 is 19.4 Å². The number of hydrogen-bond acceptors (Lipinski definition) is 4. The Balaban J connectivity index is 1.46. The lowest BCUT2D eigenvalue weighted by Crippen LogP contribution is -2.41. The molecule has 1 aliphatic heterocycles. The van der Waals surface area contributed by atoms with Crippen molar-refractivity contribution in [3.05, 3.63) is 47.2 Å². The van der Waals surface area contributed by atoms with Gasteiger partial charge in [0, 0.05) is 30.6 Å². The smallest absolute Gasteiger partial charge is 0.286 e. The molecule has 30 heavy (non-hydrogen) atoms. The molecule has 2 N–H and O–H groups in total. The van der Waals surface area contributed by atoms with Crippen molar-refractivity contribution in [3.63, 3.8) is 0 Å². The van der Waals surface area contributed by atoms with Crippen LogP contribution in [0.4, 0.5) is 0 Å². The summed E-state index contributed by atoms with van der Waals surface area (Å²) in [6, 6.07) is 8.13. The number of amides is 1. The van der Waals surface area contributed by atoms with E-state index in [0.717, 1.165) is 29.9 Å². The van der Waals surface area contributed by atoms with Crippen molar-refractivity contribution >= 4 is 5.91 Å². The Kier molecular flexibility index (Phi) is 6.76. The number of fused-ring (bicyclic) bond motifs is 2. The highest BCUT2D eigenvalue weighted by Gasteiger charge is 2.41. The molecule has 1 aromatic rings. The topological polar surface area (TPSA) is 67.8 Å². The fourth-order valence-electron chi connectivity index (χ4n) is 5.07. The molecular formula is C25H31NO4. The van der Waals surface area contributed by atoms with E-state index in [1.54, 1.807) is 0 Å². The van der Waals surface area contributed by atoms with Gasteiger partial charge >= 0.3 is 0 Å². The zero-order valence-corrected chi connectivity index (χ0v) is 17.4. The van der Waals surface area contributed by atoms with E-state index >= 15 is 0 Å². The van der Waals surface area contributed by atoms with Crippen LogP contribution in [0.5, 0.6) is 0 Å². The predicted octanol–water partition coefficient (Wildman–Crippen LogP) is 3.48. The molecule has 1 amide bonds. The van der Waals surface area contributed by atoms with E-state index in [1.807, 2.05) is 30.3 Å². The Morgan fingerprint density at radius 1 is 1.20 bits per heavy atom. The van der Waals surface area contributed by atoms with Gasteiger partial charge in [-0.15, -0.1) is 6.42 Å². The summed E-state index contributed by atoms with van der Waals surface area (Å²) in [5.74, 6) is 4.25. The van der Waals surface area contributed by atoms with Crippen molar-refractivity contribution in [2.24, 2.45) is 11.8 Å². The molecule has 5 heteroatoms. The fourth-order valence-corrected chi connectivity index (χ4v) is 5.07. The first-order valence-electron chi connectivity index (χ1n) is 11.1. The van der Waals surface area contributed by atoms with Gasteiger partial charge in [-0.2, -0.15) is 0 Å². The number of carbonyl (C=O) groups excluding carboxylic acids is 1. The standard InChI is InChI=1S/C25H31NO4/c1-2-17-5-8-19(9-6-17)21-15-23(30-24(16-21)29-12-4-3-11-27)25(28)26-22-14-18-7-10-20(22)13-18/h1,5-6,8-9,15,18,20-22,24,27H,3-4,7,10-14,16H2,(H,26,28)/t18?,20?,21-,22?,24+/m1/s1. The first-order valence-corrected chi connectivity index (χ1v) is 11.1. The molecule has 0 aromatic heterocycles. The summed E-state index contributed by atoms with van der Waals surface area (Å²) in [7, 11) is 0. The minimum absolute atomic E-state index is 0.0224. The highest BCUT2D eigenvalue weighted by Crippen LogP contribution is 2.44. The van der Waals surface area contributed by atoms with Crippen LogP contribution < -0.4 is 5.32 Å². The Labute approximate surface area is 178 Å². The number of carbonyl (C=O) groups is 1. The first-order chi connectivity index (χ1) is 14.7. The lowest BCUT2D eigenvalue weighted by Gasteiger charge is -2.30. The quantitative estimate of drug-likeness (QED) is 0.510. The van der Waals surface area contributed by atoms with E-state index in [9.17, 15) is 4.79 Å². The average molecular weight is 410 g/mol. The highest BCUT2D eigenvalue weighted by molar-refractivity contribution is 5.92. The number of rotatable bonds is 8. The summed E-state index contributed by atoms with van der Waals surface area (Å²) in [6.07, 6.45) is 13.8. The molecule has 3 aliphatic rings. The number of terminal acetylenes is 1. The van der Waals surface area contributed by atoms with Gasteiger partial charge in [0.05, 0.1) is 6.61 Å². The summed E-state index contributed by atoms with van der Waals surface area (Å²) < 4.78 is 11.8. The van der Waals surface area contributed by atoms with Crippen LogP contribution >= 0.6 is 0 Å². The molecule has 0 saturated heterocycles. The third-order valence-corrected chi connectivity index (χ3v) is 6.70. The number of unbranched alkanes of at least 4 members (excludes halogenated alkanes) is 1. The van der Waals surface area contributed by atoms with Gasteiger partial charge < -0.3 is 19.9 Å². The Hall–Kier alpha value is -2.29. The summed E-state index contributed by atoms with van der Waals surface area (Å²) in [6.45, 7) is 0.644. The second-order valence-corrected chi connectivity index (χ2v) is 8.74. The van der Waals surface area contributed by atoms with Gasteiger partial charge in [0.2, 0.25) is 6.29 Å². The fraction of sp³-hybridized carbons (Fsp3) is 0.560. The van der Waals surface area contributed by atoms with Gasteiger partial charge in [0.15, 0.2) is 5.76 Å². The number of ether oxygens (including phenoxy) is 2. The lowest BCUT2D eigenvalue weighted by molar-refractivity contribution is -0.147. The van der Waals surface area contributed by atoms with E-state index in [4.69, 9.17) is 21.0 Å². The van der Waals surface area contributed by atoms with Crippen LogP contribution in [-0.2, 0) is 14.3 Å². The van der Waals surface area contributed by atoms with Crippen LogP contribution in [0.2, 0.25) is 0 Å². The van der Waals surface area contributed by atoms with Crippen molar-refractivity contribution in [2.75, 3.05) is 13.2 Å². The van der Waals surface area contributed by atoms with E-state index < -0.39 is 6.29 Å². The number of allylic oxidation sites excluding steroid dienone is 1. The van der Waals surface area contributed by atoms with Crippen LogP contribution in [0.1, 0.15) is 62.0 Å². The van der Waals surface area contributed by atoms with E-state index in [-0.39, 0.29) is 24.5 Å². The average Bonchev–Trinajstić information content (AvgIpc) is 3.40. The van der Waals surface area contributed by atoms with Crippen molar-refractivity contribution in [2.45, 2.75) is 63.2 Å². The van der Waals surface area contributed by atoms with Crippen LogP contribution in [0.15, 0.2) is 36.1 Å². The molecule has 0 radical (unpaired) electrons. The summed E-state index contributed by atoms with van der Waals surface area (Å²) >= 11 is 0. The second kappa shape index (κ2) is 9.68. The first kappa shape index (κ1) is 21.0. The zero-order chi connectivity index (χ0) is 20.9. The predicted molar refractivity (Wildman–Crippen MR) is 114 cm³/mol. The van der Waals surface area contributed by atoms with Crippen LogP contribution in [0.25, 0.3) is 0 Å². The molecule has 2 saturated carbocycles. The Morgan fingerprint density at radius 3 is 2.70 bits per heavy atom. The minimum atomic E-state index is -0.480. The number of aliphatic hydroxyl groups excluding tert-OH is 1. The molecule has 3 unspecified atom stereocenters. The molecule has 2 fully saturated rings. The maximum absolute atomic E-state index is 13.0. The van der Waals surface area contributed by atoms with Crippen molar-refractivity contribution in [3.8, 4) is 12.3 Å². The number of nitrogens with one attached hydrogen (secondary N) is 1. The molecule has 2 aliphatic carbocycles. The number of aliphatic hydroxyl groups is 1. The van der Waals surface area contributed by atoms with Gasteiger partial charge in [-0.25, -0.2) is 0 Å². The third-order valence-electron chi connectivity index (χ3n) is 6.70. The van der Waals surface area contributed by atoms with Gasteiger partial charge in [-0.05, 0) is 67.7 Å². The summed E-state index contributed by atoms with van der Waals surface area (Å²) in [5.41, 5.74) is 1.92. The Bertz CT molecular complexity index is 809. The molecule has 1 aromatic carbocycles. The molecule has 2 bridgehead atoms. The van der Waals surface area contributed by atoms with Gasteiger partial charge in [0.1, 0.15) is 0 Å². The van der Waals surface area contributed by atoms with Crippen LogP contribution in [0, 0.1) is 24.2 Å². The van der Waals surface area contributed by atoms with Crippen LogP contribution in [-0.4, -0.2) is 36.6 Å². The van der Waals surface area contributed by atoms with Crippen molar-refractivity contribution in [1.82, 2.24) is 5.32 Å². The molecule has 5 nitrogen and oxygen atoms in total. The maximum Gasteiger partial charge on any atom is 0.286 e. The van der Waals surface area contributed by atoms with E-state index in [0.29, 0.717) is 31.1 Å². The number of hydrogen-bond donors (Lipinski definition) is 2. The highest BCUT2D eigenvalue weighted by atomic mass is 16.7. The maximum atomic E-state index is 13.0. The Morgan fingerprint density at radius 2 is 2.03 bits per heavy atom. The summed E-state index contributed by atoms with van der Waals surface area (Å²) in [5, 5.41) is 12.2. The monoisotopic (exact) mass is 409 g/mol. The molecule has 160 valence electrons. The second-order valence-electron chi connectivity index (χ2n) is 8.74. The molecule has 1 heterocycles. The number of benzene rings is 1. The lowest BCUT2D eigenvalue weighted by atomic mass is 9.92. The molecule has 0 spiro atoms. The molecule has 5 atom stereocenters. The van der Waals surface area contributed by atoms with Gasteiger partial charge in [-0.3, -0.25) is 4.79 Å². The van der Waals surface area contributed by atoms with Crippen molar-refractivity contribution in [1.29, 1.82) is 0 Å². The van der Waals surface area contributed by atoms with E-state index in [1.165, 1.54) is 19.3 Å². The molecule has 4 rings (SSSR count). The van der Waals surface area contributed by atoms with Gasteiger partial charge in [0.25, 0.3) is 5.91 Å². The normalized spacial score (nSPS) is 29.7.